The number of carbonyl (C=O) groups excluding carboxylic acids is 1. The minimum Gasteiger partial charge on any atom is -0.466 e. The molecule has 0 radical (unpaired) electrons. The lowest BCUT2D eigenvalue weighted by Crippen LogP contribution is -2.27. The van der Waals surface area contributed by atoms with Crippen molar-refractivity contribution in [1.29, 1.82) is 0 Å². The number of sulfonamides is 1. The zero-order valence-electron chi connectivity index (χ0n) is 10.8. The van der Waals surface area contributed by atoms with Crippen molar-refractivity contribution in [2.75, 3.05) is 13.2 Å². The predicted molar refractivity (Wildman–Crippen MR) is 67.6 cm³/mol. The number of hydrogen-bond donors (Lipinski definition) is 1. The summed E-state index contributed by atoms with van der Waals surface area (Å²) in [4.78, 5) is 11.1. The second-order valence-corrected chi connectivity index (χ2v) is 5.60. The number of aryl methyl sites for hydroxylation is 1. The summed E-state index contributed by atoms with van der Waals surface area (Å²) in [6.45, 7) is 3.37. The Morgan fingerprint density at radius 3 is 2.68 bits per heavy atom. The zero-order chi connectivity index (χ0) is 14.5. The number of nitrogens with one attached hydrogen (secondary N) is 1. The standard InChI is InChI=1S/C12H16FNO4S/c1-3-18-12(15)6-7-14-19(16,17)11-5-4-10(13)8-9(11)2/h4-5,8,14H,3,6-7H2,1-2H3. The Morgan fingerprint density at radius 1 is 1.42 bits per heavy atom. The molecular weight excluding hydrogens is 273 g/mol. The molecule has 0 aromatic heterocycles. The topological polar surface area (TPSA) is 72.5 Å². The van der Waals surface area contributed by atoms with Crippen molar-refractivity contribution in [3.05, 3.63) is 29.6 Å². The molecule has 0 spiro atoms. The molecule has 0 aliphatic heterocycles. The minimum atomic E-state index is -3.74. The van der Waals surface area contributed by atoms with Crippen molar-refractivity contribution in [3.8, 4) is 0 Å². The van der Waals surface area contributed by atoms with Crippen molar-refractivity contribution < 1.29 is 22.3 Å². The maximum Gasteiger partial charge on any atom is 0.307 e. The van der Waals surface area contributed by atoms with Crippen molar-refractivity contribution in [3.63, 3.8) is 0 Å². The van der Waals surface area contributed by atoms with E-state index in [1.807, 2.05) is 0 Å². The van der Waals surface area contributed by atoms with Gasteiger partial charge in [0.25, 0.3) is 0 Å². The average Bonchev–Trinajstić information content (AvgIpc) is 2.28. The van der Waals surface area contributed by atoms with Gasteiger partial charge in [-0.05, 0) is 37.6 Å². The molecule has 0 saturated carbocycles. The molecule has 0 atom stereocenters. The van der Waals surface area contributed by atoms with Crippen LogP contribution in [-0.4, -0.2) is 27.5 Å². The molecule has 19 heavy (non-hydrogen) atoms. The molecule has 0 heterocycles. The van der Waals surface area contributed by atoms with Gasteiger partial charge in [0.1, 0.15) is 5.82 Å². The molecule has 7 heteroatoms. The number of halogens is 1. The van der Waals surface area contributed by atoms with Crippen LogP contribution in [0.2, 0.25) is 0 Å². The fourth-order valence-corrected chi connectivity index (χ4v) is 2.77. The Hall–Kier alpha value is -1.47. The van der Waals surface area contributed by atoms with E-state index in [2.05, 4.69) is 9.46 Å². The van der Waals surface area contributed by atoms with E-state index in [4.69, 9.17) is 0 Å². The first-order valence-corrected chi connectivity index (χ1v) is 7.26. The van der Waals surface area contributed by atoms with Crippen molar-refractivity contribution >= 4 is 16.0 Å². The summed E-state index contributed by atoms with van der Waals surface area (Å²) < 4.78 is 43.7. The fraction of sp³-hybridized carbons (Fsp3) is 0.417. The number of esters is 1. The first kappa shape index (κ1) is 15.6. The summed E-state index contributed by atoms with van der Waals surface area (Å²) >= 11 is 0. The molecule has 106 valence electrons. The second kappa shape index (κ2) is 6.63. The summed E-state index contributed by atoms with van der Waals surface area (Å²) in [6, 6.07) is 3.41. The molecule has 0 saturated heterocycles. The van der Waals surface area contributed by atoms with Gasteiger partial charge < -0.3 is 4.74 Å². The average molecular weight is 289 g/mol. The maximum atomic E-state index is 12.9. The summed E-state index contributed by atoms with van der Waals surface area (Å²) in [5.74, 6) is -0.969. The molecule has 0 amide bonds. The molecular formula is C12H16FNO4S. The predicted octanol–water partition coefficient (Wildman–Crippen LogP) is 1.37. The molecule has 1 rings (SSSR count). The molecule has 0 aliphatic rings. The van der Waals surface area contributed by atoms with Crippen LogP contribution in [0.3, 0.4) is 0 Å². The summed E-state index contributed by atoms with van der Waals surface area (Å²) in [7, 11) is -3.74. The van der Waals surface area contributed by atoms with Gasteiger partial charge in [-0.15, -0.1) is 0 Å². The van der Waals surface area contributed by atoms with E-state index in [1.54, 1.807) is 6.92 Å². The van der Waals surface area contributed by atoms with Crippen LogP contribution in [0.15, 0.2) is 23.1 Å². The van der Waals surface area contributed by atoms with Crippen molar-refractivity contribution in [2.24, 2.45) is 0 Å². The van der Waals surface area contributed by atoms with Gasteiger partial charge in [-0.1, -0.05) is 0 Å². The van der Waals surface area contributed by atoms with Crippen molar-refractivity contribution in [1.82, 2.24) is 4.72 Å². The monoisotopic (exact) mass is 289 g/mol. The number of rotatable bonds is 6. The quantitative estimate of drug-likeness (QED) is 0.803. The van der Waals surface area contributed by atoms with E-state index in [0.717, 1.165) is 12.1 Å². The molecule has 0 fully saturated rings. The van der Waals surface area contributed by atoms with Gasteiger partial charge in [0.05, 0.1) is 17.9 Å². The third-order valence-corrected chi connectivity index (χ3v) is 3.97. The summed E-state index contributed by atoms with van der Waals surface area (Å²) in [5.41, 5.74) is 0.309. The summed E-state index contributed by atoms with van der Waals surface area (Å²) in [6.07, 6.45) is -0.0483. The highest BCUT2D eigenvalue weighted by atomic mass is 32.2. The molecule has 0 bridgehead atoms. The highest BCUT2D eigenvalue weighted by Crippen LogP contribution is 2.15. The van der Waals surface area contributed by atoms with E-state index in [9.17, 15) is 17.6 Å². The summed E-state index contributed by atoms with van der Waals surface area (Å²) in [5, 5.41) is 0. The van der Waals surface area contributed by atoms with Crippen LogP contribution in [0.4, 0.5) is 4.39 Å². The van der Waals surface area contributed by atoms with Gasteiger partial charge in [-0.2, -0.15) is 0 Å². The molecule has 0 aliphatic carbocycles. The lowest BCUT2D eigenvalue weighted by Gasteiger charge is -2.09. The smallest absolute Gasteiger partial charge is 0.307 e. The maximum absolute atomic E-state index is 12.9. The van der Waals surface area contributed by atoms with Gasteiger partial charge in [0.2, 0.25) is 10.0 Å². The largest absolute Gasteiger partial charge is 0.466 e. The normalized spacial score (nSPS) is 11.3. The van der Waals surface area contributed by atoms with Crippen LogP contribution >= 0.6 is 0 Å². The molecule has 1 aromatic carbocycles. The number of hydrogen-bond acceptors (Lipinski definition) is 4. The SMILES string of the molecule is CCOC(=O)CCNS(=O)(=O)c1ccc(F)cc1C. The highest BCUT2D eigenvalue weighted by molar-refractivity contribution is 7.89. The van der Waals surface area contributed by atoms with Crippen LogP contribution in [0.25, 0.3) is 0 Å². The molecule has 5 nitrogen and oxygen atoms in total. The fourth-order valence-electron chi connectivity index (χ4n) is 1.51. The van der Waals surface area contributed by atoms with Crippen LogP contribution in [0.1, 0.15) is 18.9 Å². The first-order valence-electron chi connectivity index (χ1n) is 5.78. The van der Waals surface area contributed by atoms with E-state index >= 15 is 0 Å². The van der Waals surface area contributed by atoms with Gasteiger partial charge >= 0.3 is 5.97 Å². The molecule has 1 aromatic rings. The third-order valence-electron chi connectivity index (χ3n) is 2.35. The lowest BCUT2D eigenvalue weighted by molar-refractivity contribution is -0.142. The lowest BCUT2D eigenvalue weighted by atomic mass is 10.2. The highest BCUT2D eigenvalue weighted by Gasteiger charge is 2.17. The van der Waals surface area contributed by atoms with Crippen LogP contribution < -0.4 is 4.72 Å². The number of carbonyl (C=O) groups is 1. The Bertz CT molecular complexity index is 557. The van der Waals surface area contributed by atoms with Crippen LogP contribution in [-0.2, 0) is 19.6 Å². The first-order chi connectivity index (χ1) is 8.86. The van der Waals surface area contributed by atoms with Crippen molar-refractivity contribution in [2.45, 2.75) is 25.2 Å². The van der Waals surface area contributed by atoms with Gasteiger partial charge in [0, 0.05) is 6.54 Å². The Labute approximate surface area is 111 Å². The van der Waals surface area contributed by atoms with Crippen LogP contribution in [0.5, 0.6) is 0 Å². The number of benzene rings is 1. The Morgan fingerprint density at radius 2 is 2.11 bits per heavy atom. The third kappa shape index (κ3) is 4.60. The molecule has 1 N–H and O–H groups in total. The van der Waals surface area contributed by atoms with E-state index in [1.165, 1.54) is 13.0 Å². The minimum absolute atomic E-state index is 0.00208. The van der Waals surface area contributed by atoms with Crippen LogP contribution in [0, 0.1) is 12.7 Å². The Balaban J connectivity index is 2.68. The zero-order valence-corrected chi connectivity index (χ0v) is 11.6. The molecule has 0 unspecified atom stereocenters. The van der Waals surface area contributed by atoms with Gasteiger partial charge in [0.15, 0.2) is 0 Å². The van der Waals surface area contributed by atoms with E-state index < -0.39 is 21.8 Å². The van der Waals surface area contributed by atoms with E-state index in [0.29, 0.717) is 5.56 Å². The second-order valence-electron chi connectivity index (χ2n) is 3.86. The van der Waals surface area contributed by atoms with Gasteiger partial charge in [-0.25, -0.2) is 17.5 Å². The number of ether oxygens (including phenoxy) is 1. The van der Waals surface area contributed by atoms with E-state index in [-0.39, 0.29) is 24.5 Å². The van der Waals surface area contributed by atoms with Gasteiger partial charge in [-0.3, -0.25) is 4.79 Å². The Kier molecular flexibility index (Phi) is 5.44.